The van der Waals surface area contributed by atoms with Crippen LogP contribution in [0.1, 0.15) is 38.3 Å². The highest BCUT2D eigenvalue weighted by Crippen LogP contribution is 2.26. The lowest BCUT2D eigenvalue weighted by atomic mass is 10.1. The van der Waals surface area contributed by atoms with Crippen LogP contribution in [0.2, 0.25) is 0 Å². The Balaban J connectivity index is 1.79. The number of nitrogens with zero attached hydrogens (tertiary/aromatic N) is 3. The Kier molecular flexibility index (Phi) is 4.46. The summed E-state index contributed by atoms with van der Waals surface area (Å²) in [7, 11) is 0. The molecule has 0 radical (unpaired) electrons. The van der Waals surface area contributed by atoms with Crippen molar-refractivity contribution in [2.45, 2.75) is 45.9 Å². The standard InChI is InChI=1S/C17H22FN3O2/c1-10-5-6-14(7-15(10)18)16-19-17(23-20-16)13(4)21-8-11(2)22-12(3)9-21/h5-7,11-13H,8-9H2,1-4H3. The third-order valence-electron chi connectivity index (χ3n) is 4.22. The van der Waals surface area contributed by atoms with Crippen molar-refractivity contribution in [1.29, 1.82) is 0 Å². The first-order valence-electron chi connectivity index (χ1n) is 7.93. The van der Waals surface area contributed by atoms with E-state index in [1.807, 2.05) is 6.92 Å². The Labute approximate surface area is 135 Å². The highest BCUT2D eigenvalue weighted by molar-refractivity contribution is 5.54. The minimum Gasteiger partial charge on any atom is -0.373 e. The van der Waals surface area contributed by atoms with Gasteiger partial charge in [0.1, 0.15) is 5.82 Å². The molecule has 23 heavy (non-hydrogen) atoms. The Bertz CT molecular complexity index is 678. The number of benzene rings is 1. The summed E-state index contributed by atoms with van der Waals surface area (Å²) in [5, 5.41) is 4.00. The molecule has 1 aromatic carbocycles. The van der Waals surface area contributed by atoms with Gasteiger partial charge in [0.05, 0.1) is 18.2 Å². The van der Waals surface area contributed by atoms with Crippen LogP contribution < -0.4 is 0 Å². The number of morpholine rings is 1. The van der Waals surface area contributed by atoms with Gasteiger partial charge in [0, 0.05) is 18.7 Å². The number of hydrogen-bond donors (Lipinski definition) is 0. The topological polar surface area (TPSA) is 51.4 Å². The van der Waals surface area contributed by atoms with Crippen molar-refractivity contribution in [3.05, 3.63) is 35.5 Å². The van der Waals surface area contributed by atoms with Crippen LogP contribution in [0, 0.1) is 12.7 Å². The lowest BCUT2D eigenvalue weighted by Crippen LogP contribution is -2.46. The molecule has 0 amide bonds. The van der Waals surface area contributed by atoms with Crippen LogP contribution in [0.4, 0.5) is 4.39 Å². The van der Waals surface area contributed by atoms with Gasteiger partial charge in [-0.05, 0) is 39.3 Å². The highest BCUT2D eigenvalue weighted by atomic mass is 19.1. The first-order valence-corrected chi connectivity index (χ1v) is 7.93. The first kappa shape index (κ1) is 16.1. The monoisotopic (exact) mass is 319 g/mol. The van der Waals surface area contributed by atoms with Crippen LogP contribution >= 0.6 is 0 Å². The smallest absolute Gasteiger partial charge is 0.244 e. The molecule has 0 saturated carbocycles. The largest absolute Gasteiger partial charge is 0.373 e. The van der Waals surface area contributed by atoms with Crippen LogP contribution in [-0.4, -0.2) is 40.3 Å². The number of aromatic nitrogens is 2. The van der Waals surface area contributed by atoms with E-state index in [0.29, 0.717) is 22.8 Å². The summed E-state index contributed by atoms with van der Waals surface area (Å²) in [6, 6.07) is 4.96. The van der Waals surface area contributed by atoms with Crippen molar-refractivity contribution in [3.63, 3.8) is 0 Å². The van der Waals surface area contributed by atoms with Gasteiger partial charge in [0.15, 0.2) is 0 Å². The van der Waals surface area contributed by atoms with E-state index in [2.05, 4.69) is 28.9 Å². The SMILES string of the molecule is Cc1ccc(-c2noc(C(C)N3CC(C)OC(C)C3)n2)cc1F. The fourth-order valence-corrected chi connectivity index (χ4v) is 2.94. The van der Waals surface area contributed by atoms with E-state index in [-0.39, 0.29) is 24.1 Å². The van der Waals surface area contributed by atoms with Crippen LogP contribution in [0.15, 0.2) is 22.7 Å². The Morgan fingerprint density at radius 2 is 1.96 bits per heavy atom. The Morgan fingerprint density at radius 3 is 2.61 bits per heavy atom. The van der Waals surface area contributed by atoms with Crippen molar-refractivity contribution in [2.75, 3.05) is 13.1 Å². The predicted octanol–water partition coefficient (Wildman–Crippen LogP) is 3.35. The normalized spacial score (nSPS) is 23.9. The van der Waals surface area contributed by atoms with Gasteiger partial charge in [0.2, 0.25) is 11.7 Å². The zero-order valence-corrected chi connectivity index (χ0v) is 13.9. The van der Waals surface area contributed by atoms with Gasteiger partial charge in [-0.25, -0.2) is 4.39 Å². The van der Waals surface area contributed by atoms with Crippen LogP contribution in [-0.2, 0) is 4.74 Å². The van der Waals surface area contributed by atoms with E-state index in [9.17, 15) is 4.39 Å². The fraction of sp³-hybridized carbons (Fsp3) is 0.529. The summed E-state index contributed by atoms with van der Waals surface area (Å²) in [5.74, 6) is 0.695. The van der Waals surface area contributed by atoms with E-state index in [1.165, 1.54) is 6.07 Å². The second kappa shape index (κ2) is 6.37. The number of rotatable bonds is 3. The van der Waals surface area contributed by atoms with Crippen molar-refractivity contribution >= 4 is 0 Å². The molecule has 1 aromatic heterocycles. The molecule has 0 N–H and O–H groups in total. The lowest BCUT2D eigenvalue weighted by molar-refractivity contribution is -0.0818. The summed E-state index contributed by atoms with van der Waals surface area (Å²) in [6.07, 6.45) is 0.351. The Hall–Kier alpha value is -1.79. The zero-order chi connectivity index (χ0) is 16.6. The second-order valence-electron chi connectivity index (χ2n) is 6.31. The van der Waals surface area contributed by atoms with E-state index in [4.69, 9.17) is 9.26 Å². The van der Waals surface area contributed by atoms with Crippen molar-refractivity contribution in [3.8, 4) is 11.4 Å². The third-order valence-corrected chi connectivity index (χ3v) is 4.22. The molecule has 6 heteroatoms. The maximum absolute atomic E-state index is 13.7. The maximum atomic E-state index is 13.7. The molecule has 0 spiro atoms. The number of hydrogen-bond acceptors (Lipinski definition) is 5. The van der Waals surface area contributed by atoms with Crippen molar-refractivity contribution in [2.24, 2.45) is 0 Å². The number of aryl methyl sites for hydroxylation is 1. The zero-order valence-electron chi connectivity index (χ0n) is 13.9. The molecule has 2 aromatic rings. The average molecular weight is 319 g/mol. The first-order chi connectivity index (χ1) is 10.9. The lowest BCUT2D eigenvalue weighted by Gasteiger charge is -2.37. The molecular weight excluding hydrogens is 297 g/mol. The molecule has 5 nitrogen and oxygen atoms in total. The molecule has 3 atom stereocenters. The Morgan fingerprint density at radius 1 is 1.26 bits per heavy atom. The van der Waals surface area contributed by atoms with Crippen molar-refractivity contribution < 1.29 is 13.7 Å². The van der Waals surface area contributed by atoms with Crippen molar-refractivity contribution in [1.82, 2.24) is 15.0 Å². The summed E-state index contributed by atoms with van der Waals surface area (Å²) < 4.78 is 24.9. The third kappa shape index (κ3) is 3.43. The highest BCUT2D eigenvalue weighted by Gasteiger charge is 2.29. The summed E-state index contributed by atoms with van der Waals surface area (Å²) in [4.78, 5) is 6.72. The van der Waals surface area contributed by atoms with E-state index in [0.717, 1.165) is 13.1 Å². The predicted molar refractivity (Wildman–Crippen MR) is 84.4 cm³/mol. The average Bonchev–Trinajstić information content (AvgIpc) is 2.98. The second-order valence-corrected chi connectivity index (χ2v) is 6.31. The van der Waals surface area contributed by atoms with Crippen LogP contribution in [0.5, 0.6) is 0 Å². The van der Waals surface area contributed by atoms with Gasteiger partial charge < -0.3 is 9.26 Å². The molecule has 1 aliphatic heterocycles. The molecule has 124 valence electrons. The molecule has 0 bridgehead atoms. The number of halogens is 1. The molecule has 1 saturated heterocycles. The van der Waals surface area contributed by atoms with Gasteiger partial charge in [-0.1, -0.05) is 17.3 Å². The van der Waals surface area contributed by atoms with Crippen LogP contribution in [0.25, 0.3) is 11.4 Å². The van der Waals surface area contributed by atoms with Crippen LogP contribution in [0.3, 0.4) is 0 Å². The van der Waals surface area contributed by atoms with Gasteiger partial charge in [-0.15, -0.1) is 0 Å². The minimum absolute atomic E-state index is 0.000320. The summed E-state index contributed by atoms with van der Waals surface area (Å²) >= 11 is 0. The quantitative estimate of drug-likeness (QED) is 0.868. The number of ether oxygens (including phenoxy) is 1. The molecular formula is C17H22FN3O2. The summed E-state index contributed by atoms with van der Waals surface area (Å²) in [6.45, 7) is 9.53. The van der Waals surface area contributed by atoms with E-state index in [1.54, 1.807) is 19.1 Å². The van der Waals surface area contributed by atoms with Gasteiger partial charge >= 0.3 is 0 Å². The van der Waals surface area contributed by atoms with Gasteiger partial charge in [0.25, 0.3) is 0 Å². The van der Waals surface area contributed by atoms with Gasteiger partial charge in [-0.3, -0.25) is 4.90 Å². The van der Waals surface area contributed by atoms with Gasteiger partial charge in [-0.2, -0.15) is 4.98 Å². The van der Waals surface area contributed by atoms with E-state index >= 15 is 0 Å². The van der Waals surface area contributed by atoms with E-state index < -0.39 is 0 Å². The molecule has 2 heterocycles. The molecule has 3 rings (SSSR count). The molecule has 3 unspecified atom stereocenters. The maximum Gasteiger partial charge on any atom is 0.244 e. The fourth-order valence-electron chi connectivity index (χ4n) is 2.94. The minimum atomic E-state index is -0.266. The molecule has 0 aliphatic carbocycles. The molecule has 1 fully saturated rings. The molecule has 1 aliphatic rings. The summed E-state index contributed by atoms with van der Waals surface area (Å²) in [5.41, 5.74) is 1.22.